The molecule has 0 saturated heterocycles. The van der Waals surface area contributed by atoms with Crippen LogP contribution >= 0.6 is 0 Å². The van der Waals surface area contributed by atoms with Gasteiger partial charge in [0.15, 0.2) is 6.04 Å². The third-order valence-electron chi connectivity index (χ3n) is 5.16. The number of hydrogen-bond acceptors (Lipinski definition) is 6. The molecule has 0 radical (unpaired) electrons. The van der Waals surface area contributed by atoms with Crippen molar-refractivity contribution in [2.45, 2.75) is 64.2 Å². The monoisotopic (exact) mass is 408 g/mol. The first-order valence-electron chi connectivity index (χ1n) is 9.88. The van der Waals surface area contributed by atoms with Gasteiger partial charge in [0.1, 0.15) is 6.61 Å². The Kier molecular flexibility index (Phi) is 8.85. The molecule has 0 spiro atoms. The number of nitrogens with one attached hydrogen (secondary N) is 1. The molecule has 1 aromatic carbocycles. The molecule has 0 aromatic heterocycles. The maximum atomic E-state index is 12.0. The topological polar surface area (TPSA) is 128 Å². The number of carbonyl (C=O) groups is 2. The summed E-state index contributed by atoms with van der Waals surface area (Å²) in [6.07, 6.45) is 5.42. The Morgan fingerprint density at radius 1 is 1.24 bits per heavy atom. The van der Waals surface area contributed by atoms with Crippen molar-refractivity contribution < 1.29 is 29.1 Å². The van der Waals surface area contributed by atoms with E-state index in [0.717, 1.165) is 6.42 Å². The van der Waals surface area contributed by atoms with E-state index in [1.807, 2.05) is 0 Å². The summed E-state index contributed by atoms with van der Waals surface area (Å²) in [4.78, 5) is 33.6. The van der Waals surface area contributed by atoms with Crippen molar-refractivity contribution >= 4 is 17.7 Å². The highest BCUT2D eigenvalue weighted by atomic mass is 16.6. The summed E-state index contributed by atoms with van der Waals surface area (Å²) < 4.78 is 10.7. The van der Waals surface area contributed by atoms with Gasteiger partial charge < -0.3 is 19.9 Å². The van der Waals surface area contributed by atoms with Crippen molar-refractivity contribution in [3.05, 3.63) is 39.9 Å². The van der Waals surface area contributed by atoms with Gasteiger partial charge in [-0.3, -0.25) is 10.1 Å². The van der Waals surface area contributed by atoms with Gasteiger partial charge in [-0.2, -0.15) is 0 Å². The van der Waals surface area contributed by atoms with Crippen molar-refractivity contribution in [2.24, 2.45) is 5.92 Å². The molecule has 2 unspecified atom stereocenters. The maximum Gasteiger partial charge on any atom is 0.408 e. The zero-order chi connectivity index (χ0) is 21.2. The van der Waals surface area contributed by atoms with Crippen LogP contribution in [0.15, 0.2) is 24.3 Å². The van der Waals surface area contributed by atoms with Crippen LogP contribution in [0.1, 0.15) is 51.0 Å². The second-order valence-corrected chi connectivity index (χ2v) is 7.33. The number of nitrogens with zero attached hydrogens (tertiary/aromatic N) is 1. The molecule has 1 aromatic rings. The van der Waals surface area contributed by atoms with Crippen LogP contribution in [0.25, 0.3) is 0 Å². The van der Waals surface area contributed by atoms with Gasteiger partial charge in [0.2, 0.25) is 0 Å². The molecule has 0 heterocycles. The third kappa shape index (κ3) is 7.69. The van der Waals surface area contributed by atoms with E-state index < -0.39 is 29.1 Å². The van der Waals surface area contributed by atoms with E-state index in [0.29, 0.717) is 18.1 Å². The Hall–Kier alpha value is -2.68. The molecule has 2 N–H and O–H groups in total. The SMILES string of the molecule is CC(OCCC1CCCCC1)C(NC(=O)OCc1ccc([N+](=O)[O-])cc1)C(=O)O. The Labute approximate surface area is 169 Å². The molecule has 1 saturated carbocycles. The normalized spacial score (nSPS) is 16.6. The van der Waals surface area contributed by atoms with E-state index in [2.05, 4.69) is 5.32 Å². The summed E-state index contributed by atoms with van der Waals surface area (Å²) in [6.45, 7) is 1.93. The van der Waals surface area contributed by atoms with E-state index in [-0.39, 0.29) is 12.3 Å². The quantitative estimate of drug-likeness (QED) is 0.447. The number of ether oxygens (including phenoxy) is 2. The van der Waals surface area contributed by atoms with Crippen LogP contribution < -0.4 is 5.32 Å². The van der Waals surface area contributed by atoms with Crippen molar-refractivity contribution in [3.8, 4) is 0 Å². The number of amides is 1. The van der Waals surface area contributed by atoms with Crippen molar-refractivity contribution in [1.29, 1.82) is 0 Å². The summed E-state index contributed by atoms with van der Waals surface area (Å²) in [5, 5.41) is 22.3. The number of carboxylic acid groups (broad SMARTS) is 1. The van der Waals surface area contributed by atoms with Gasteiger partial charge in [0.25, 0.3) is 5.69 Å². The van der Waals surface area contributed by atoms with E-state index >= 15 is 0 Å². The van der Waals surface area contributed by atoms with Crippen LogP contribution in [0.4, 0.5) is 10.5 Å². The van der Waals surface area contributed by atoms with Gasteiger partial charge >= 0.3 is 12.1 Å². The lowest BCUT2D eigenvalue weighted by Gasteiger charge is -2.24. The highest BCUT2D eigenvalue weighted by Gasteiger charge is 2.28. The minimum atomic E-state index is -1.23. The minimum absolute atomic E-state index is 0.0663. The largest absolute Gasteiger partial charge is 0.480 e. The number of carboxylic acids is 1. The van der Waals surface area contributed by atoms with Gasteiger partial charge in [-0.1, -0.05) is 32.1 Å². The highest BCUT2D eigenvalue weighted by molar-refractivity contribution is 5.80. The molecule has 2 atom stereocenters. The third-order valence-corrected chi connectivity index (χ3v) is 5.16. The number of aliphatic carboxylic acids is 1. The molecule has 2 rings (SSSR count). The molecule has 1 fully saturated rings. The minimum Gasteiger partial charge on any atom is -0.480 e. The number of hydrogen-bond donors (Lipinski definition) is 2. The number of nitro benzene ring substituents is 1. The first kappa shape index (κ1) is 22.6. The van der Waals surface area contributed by atoms with Gasteiger partial charge in [-0.15, -0.1) is 0 Å². The fraction of sp³-hybridized carbons (Fsp3) is 0.600. The van der Waals surface area contributed by atoms with Gasteiger partial charge in [-0.25, -0.2) is 9.59 Å². The number of alkyl carbamates (subject to hydrolysis) is 1. The van der Waals surface area contributed by atoms with Gasteiger partial charge in [-0.05, 0) is 37.0 Å². The summed E-state index contributed by atoms with van der Waals surface area (Å²) >= 11 is 0. The maximum absolute atomic E-state index is 12.0. The molecule has 1 aliphatic carbocycles. The zero-order valence-electron chi connectivity index (χ0n) is 16.5. The van der Waals surface area contributed by atoms with E-state index in [9.17, 15) is 24.8 Å². The van der Waals surface area contributed by atoms with Crippen LogP contribution in [-0.4, -0.2) is 40.8 Å². The molecule has 29 heavy (non-hydrogen) atoms. The van der Waals surface area contributed by atoms with Gasteiger partial charge in [0, 0.05) is 18.7 Å². The first-order chi connectivity index (χ1) is 13.9. The van der Waals surface area contributed by atoms with E-state index in [4.69, 9.17) is 9.47 Å². The molecule has 9 nitrogen and oxygen atoms in total. The molecule has 1 aliphatic rings. The van der Waals surface area contributed by atoms with Crippen LogP contribution in [-0.2, 0) is 20.9 Å². The molecule has 0 bridgehead atoms. The number of carbonyl (C=O) groups excluding carboxylic acids is 1. The van der Waals surface area contributed by atoms with Crippen LogP contribution in [0.5, 0.6) is 0 Å². The van der Waals surface area contributed by atoms with Crippen molar-refractivity contribution in [2.75, 3.05) is 6.61 Å². The van der Waals surface area contributed by atoms with E-state index in [1.165, 1.54) is 56.4 Å². The lowest BCUT2D eigenvalue weighted by Crippen LogP contribution is -2.48. The summed E-state index contributed by atoms with van der Waals surface area (Å²) in [5.41, 5.74) is 0.484. The molecule has 9 heteroatoms. The average Bonchev–Trinajstić information content (AvgIpc) is 2.71. The number of non-ortho nitro benzene ring substituents is 1. The predicted molar refractivity (Wildman–Crippen MR) is 104 cm³/mol. The zero-order valence-corrected chi connectivity index (χ0v) is 16.5. The lowest BCUT2D eigenvalue weighted by atomic mass is 9.87. The summed E-state index contributed by atoms with van der Waals surface area (Å²) in [5.74, 6) is -0.582. The molecule has 1 amide bonds. The molecular weight excluding hydrogens is 380 g/mol. The Balaban J connectivity index is 1.76. The van der Waals surface area contributed by atoms with Crippen LogP contribution in [0, 0.1) is 16.0 Å². The Morgan fingerprint density at radius 2 is 1.90 bits per heavy atom. The number of benzene rings is 1. The summed E-state index contributed by atoms with van der Waals surface area (Å²) in [6, 6.07) is 4.32. The second kappa shape index (κ2) is 11.4. The number of rotatable bonds is 10. The lowest BCUT2D eigenvalue weighted by molar-refractivity contribution is -0.384. The van der Waals surface area contributed by atoms with Crippen molar-refractivity contribution in [1.82, 2.24) is 5.32 Å². The average molecular weight is 408 g/mol. The van der Waals surface area contributed by atoms with Gasteiger partial charge in [0.05, 0.1) is 11.0 Å². The standard InChI is InChI=1S/C20H28N2O7/c1-14(28-12-11-15-5-3-2-4-6-15)18(19(23)24)21-20(25)29-13-16-7-9-17(10-8-16)22(26)27/h7-10,14-15,18H,2-6,11-13H2,1H3,(H,21,25)(H,23,24). The predicted octanol–water partition coefficient (Wildman–Crippen LogP) is 3.65. The fourth-order valence-electron chi connectivity index (χ4n) is 3.40. The van der Waals surface area contributed by atoms with E-state index in [1.54, 1.807) is 6.92 Å². The van der Waals surface area contributed by atoms with Crippen LogP contribution in [0.2, 0.25) is 0 Å². The Morgan fingerprint density at radius 3 is 2.48 bits per heavy atom. The smallest absolute Gasteiger partial charge is 0.408 e. The fourth-order valence-corrected chi connectivity index (χ4v) is 3.40. The Bertz CT molecular complexity index is 687. The molecular formula is C20H28N2O7. The second-order valence-electron chi connectivity index (χ2n) is 7.33. The van der Waals surface area contributed by atoms with Crippen LogP contribution in [0.3, 0.4) is 0 Å². The van der Waals surface area contributed by atoms with Crippen molar-refractivity contribution in [3.63, 3.8) is 0 Å². The summed E-state index contributed by atoms with van der Waals surface area (Å²) in [7, 11) is 0. The number of nitro groups is 1. The highest BCUT2D eigenvalue weighted by Crippen LogP contribution is 2.26. The molecule has 160 valence electrons. The first-order valence-corrected chi connectivity index (χ1v) is 9.88. The molecule has 0 aliphatic heterocycles.